The van der Waals surface area contributed by atoms with E-state index in [1.54, 1.807) is 0 Å². The Hall–Kier alpha value is -2.70. The number of ether oxygens (including phenoxy) is 1. The summed E-state index contributed by atoms with van der Waals surface area (Å²) in [5.74, 6) is -7.91. The molecule has 0 spiro atoms. The fraction of sp³-hybridized carbons (Fsp3) is 0.591. The van der Waals surface area contributed by atoms with Gasteiger partial charge in [-0.05, 0) is 56.0 Å². The fourth-order valence-electron chi connectivity index (χ4n) is 3.68. The molecule has 0 saturated carbocycles. The van der Waals surface area contributed by atoms with Crippen molar-refractivity contribution in [1.29, 1.82) is 0 Å². The number of alkyl halides is 6. The lowest BCUT2D eigenvalue weighted by Crippen LogP contribution is -2.54. The molecule has 1 aromatic carbocycles. The minimum atomic E-state index is -5.35. The van der Waals surface area contributed by atoms with Crippen LogP contribution in [0, 0.1) is 17.7 Å². The van der Waals surface area contributed by atoms with Crippen LogP contribution in [0.3, 0.4) is 0 Å². The molecule has 35 heavy (non-hydrogen) atoms. The Kier molecular flexibility index (Phi) is 9.26. The topological polar surface area (TPSA) is 75.7 Å². The molecule has 1 aliphatic rings. The van der Waals surface area contributed by atoms with Crippen molar-refractivity contribution in [3.63, 3.8) is 0 Å². The summed E-state index contributed by atoms with van der Waals surface area (Å²) < 4.78 is 94.9. The molecule has 1 fully saturated rings. The zero-order valence-electron chi connectivity index (χ0n) is 18.9. The van der Waals surface area contributed by atoms with Crippen LogP contribution in [-0.2, 0) is 25.5 Å². The van der Waals surface area contributed by atoms with Crippen molar-refractivity contribution in [2.45, 2.75) is 57.9 Å². The van der Waals surface area contributed by atoms with Crippen LogP contribution in [0.25, 0.3) is 0 Å². The van der Waals surface area contributed by atoms with Gasteiger partial charge in [-0.15, -0.1) is 0 Å². The van der Waals surface area contributed by atoms with Crippen LogP contribution in [-0.4, -0.2) is 54.2 Å². The summed E-state index contributed by atoms with van der Waals surface area (Å²) in [6, 6.07) is 1.52. The maximum atomic E-state index is 14.3. The average molecular weight is 514 g/mol. The van der Waals surface area contributed by atoms with Crippen LogP contribution >= 0.6 is 0 Å². The number of carbonyl (C=O) groups is 3. The SMILES string of the molecule is CC1CCN(C(C(=O)Nc2cc(CCC(=O)OC(=O)C(F)(F)F)ccc2F)C(C)C(F)(F)F)CC1. The zero-order valence-corrected chi connectivity index (χ0v) is 18.9. The van der Waals surface area contributed by atoms with Crippen LogP contribution in [0.5, 0.6) is 0 Å². The Morgan fingerprint density at radius 2 is 1.71 bits per heavy atom. The van der Waals surface area contributed by atoms with E-state index in [0.717, 1.165) is 19.1 Å². The summed E-state index contributed by atoms with van der Waals surface area (Å²) in [6.45, 7) is 3.36. The Bertz CT molecular complexity index is 925. The predicted octanol–water partition coefficient (Wildman–Crippen LogP) is 4.63. The Morgan fingerprint density at radius 1 is 1.11 bits per heavy atom. The third-order valence-electron chi connectivity index (χ3n) is 5.81. The van der Waals surface area contributed by atoms with E-state index in [-0.39, 0.29) is 25.1 Å². The number of hydrogen-bond donors (Lipinski definition) is 1. The molecule has 196 valence electrons. The summed E-state index contributed by atoms with van der Waals surface area (Å²) in [5, 5.41) is 2.18. The maximum Gasteiger partial charge on any atom is 0.491 e. The van der Waals surface area contributed by atoms with E-state index < -0.39 is 60.1 Å². The first-order chi connectivity index (χ1) is 16.1. The zero-order chi connectivity index (χ0) is 26.6. The smallest absolute Gasteiger partial charge is 0.386 e. The Morgan fingerprint density at radius 3 is 2.26 bits per heavy atom. The number of esters is 2. The number of anilines is 1. The van der Waals surface area contributed by atoms with Crippen molar-refractivity contribution in [3.8, 4) is 0 Å². The molecule has 1 heterocycles. The maximum absolute atomic E-state index is 14.3. The molecule has 6 nitrogen and oxygen atoms in total. The Balaban J connectivity index is 2.13. The molecule has 1 amide bonds. The van der Waals surface area contributed by atoms with E-state index in [9.17, 15) is 45.1 Å². The van der Waals surface area contributed by atoms with E-state index >= 15 is 0 Å². The first kappa shape index (κ1) is 28.5. The van der Waals surface area contributed by atoms with Gasteiger partial charge < -0.3 is 10.1 Å². The molecule has 0 aliphatic carbocycles. The van der Waals surface area contributed by atoms with Crippen molar-refractivity contribution in [2.75, 3.05) is 18.4 Å². The highest BCUT2D eigenvalue weighted by Gasteiger charge is 2.47. The van der Waals surface area contributed by atoms with Gasteiger partial charge in [-0.2, -0.15) is 26.3 Å². The van der Waals surface area contributed by atoms with Gasteiger partial charge in [0.25, 0.3) is 0 Å². The molecule has 0 bridgehead atoms. The van der Waals surface area contributed by atoms with Crippen molar-refractivity contribution in [3.05, 3.63) is 29.6 Å². The third kappa shape index (κ3) is 8.18. The molecule has 2 unspecified atom stereocenters. The number of halogens is 7. The largest absolute Gasteiger partial charge is 0.491 e. The summed E-state index contributed by atoms with van der Waals surface area (Å²) in [7, 11) is 0. The number of carbonyl (C=O) groups excluding carboxylic acids is 3. The lowest BCUT2D eigenvalue weighted by atomic mass is 9.92. The first-order valence-corrected chi connectivity index (χ1v) is 10.8. The van der Waals surface area contributed by atoms with Crippen LogP contribution < -0.4 is 5.32 Å². The molecule has 2 atom stereocenters. The van der Waals surface area contributed by atoms with Gasteiger partial charge >= 0.3 is 24.3 Å². The van der Waals surface area contributed by atoms with Gasteiger partial charge in [0.1, 0.15) is 11.9 Å². The minimum Gasteiger partial charge on any atom is -0.386 e. The number of nitrogens with one attached hydrogen (secondary N) is 1. The molecule has 1 aliphatic heterocycles. The molecule has 1 N–H and O–H groups in total. The highest BCUT2D eigenvalue weighted by Crippen LogP contribution is 2.33. The van der Waals surface area contributed by atoms with Crippen LogP contribution in [0.1, 0.15) is 38.7 Å². The Labute approximate surface area is 196 Å². The summed E-state index contributed by atoms with van der Waals surface area (Å²) in [5.41, 5.74) is -0.276. The van der Waals surface area contributed by atoms with Crippen molar-refractivity contribution in [1.82, 2.24) is 4.90 Å². The van der Waals surface area contributed by atoms with E-state index in [4.69, 9.17) is 0 Å². The third-order valence-corrected chi connectivity index (χ3v) is 5.81. The van der Waals surface area contributed by atoms with E-state index in [1.165, 1.54) is 11.0 Å². The standard InChI is InChI=1S/C22H25F7N2O4/c1-12-7-9-31(10-8-12)18(13(2)21(24,25)26)19(33)30-16-11-14(3-5-15(16)23)4-6-17(32)35-20(34)22(27,28)29/h3,5,11-13,18H,4,6-10H2,1-2H3,(H,30,33). The molecular formula is C22H25F7N2O4. The van der Waals surface area contributed by atoms with Gasteiger partial charge in [0.05, 0.1) is 18.0 Å². The second-order valence-corrected chi connectivity index (χ2v) is 8.56. The number of nitrogens with zero attached hydrogens (tertiary/aromatic N) is 1. The van der Waals surface area contributed by atoms with Gasteiger partial charge in [0, 0.05) is 0 Å². The van der Waals surface area contributed by atoms with Gasteiger partial charge in [-0.1, -0.05) is 19.9 Å². The van der Waals surface area contributed by atoms with Gasteiger partial charge in [0.15, 0.2) is 0 Å². The van der Waals surface area contributed by atoms with Crippen molar-refractivity contribution >= 4 is 23.5 Å². The van der Waals surface area contributed by atoms with E-state index in [1.807, 2.05) is 6.92 Å². The molecule has 0 aromatic heterocycles. The number of piperidine rings is 1. The van der Waals surface area contributed by atoms with Gasteiger partial charge in [-0.3, -0.25) is 14.5 Å². The molecule has 13 heteroatoms. The number of likely N-dealkylation sites (tertiary alicyclic amines) is 1. The number of aryl methyl sites for hydroxylation is 1. The highest BCUT2D eigenvalue weighted by molar-refractivity contribution is 5.95. The lowest BCUT2D eigenvalue weighted by Gasteiger charge is -2.39. The van der Waals surface area contributed by atoms with Crippen molar-refractivity contribution < 1.29 is 49.9 Å². The second kappa shape index (κ2) is 11.4. The average Bonchev–Trinajstić information content (AvgIpc) is 2.74. The highest BCUT2D eigenvalue weighted by atomic mass is 19.4. The van der Waals surface area contributed by atoms with Crippen LogP contribution in [0.15, 0.2) is 18.2 Å². The molecule has 0 radical (unpaired) electrons. The first-order valence-electron chi connectivity index (χ1n) is 10.8. The van der Waals surface area contributed by atoms with Crippen molar-refractivity contribution in [2.24, 2.45) is 11.8 Å². The number of amides is 1. The minimum absolute atomic E-state index is 0.172. The monoisotopic (exact) mass is 514 g/mol. The second-order valence-electron chi connectivity index (χ2n) is 8.56. The lowest BCUT2D eigenvalue weighted by molar-refractivity contribution is -0.201. The number of hydrogen-bond acceptors (Lipinski definition) is 5. The normalized spacial score (nSPS) is 17.5. The molecule has 1 saturated heterocycles. The summed E-state index contributed by atoms with van der Waals surface area (Å²) in [4.78, 5) is 36.5. The quantitative estimate of drug-likeness (QED) is 0.326. The molecular weight excluding hydrogens is 489 g/mol. The number of benzene rings is 1. The molecule has 1 aromatic rings. The summed E-state index contributed by atoms with van der Waals surface area (Å²) >= 11 is 0. The van der Waals surface area contributed by atoms with E-state index in [0.29, 0.717) is 18.8 Å². The fourth-order valence-corrected chi connectivity index (χ4v) is 3.68. The summed E-state index contributed by atoms with van der Waals surface area (Å²) in [6.07, 6.45) is -9.77. The number of rotatable bonds is 7. The predicted molar refractivity (Wildman–Crippen MR) is 109 cm³/mol. The van der Waals surface area contributed by atoms with Gasteiger partial charge in [-0.25, -0.2) is 9.18 Å². The van der Waals surface area contributed by atoms with Gasteiger partial charge in [0.2, 0.25) is 5.91 Å². The van der Waals surface area contributed by atoms with E-state index in [2.05, 4.69) is 10.1 Å². The van der Waals surface area contributed by atoms with Crippen LogP contribution in [0.4, 0.5) is 36.4 Å². The van der Waals surface area contributed by atoms with Crippen LogP contribution in [0.2, 0.25) is 0 Å². The molecule has 2 rings (SSSR count).